The number of hydrogen-bond acceptors (Lipinski definition) is 5. The van der Waals surface area contributed by atoms with Crippen molar-refractivity contribution < 1.29 is 14.0 Å². The number of amides is 2. The van der Waals surface area contributed by atoms with E-state index in [4.69, 9.17) is 9.40 Å². The summed E-state index contributed by atoms with van der Waals surface area (Å²) in [5, 5.41) is 7.48. The van der Waals surface area contributed by atoms with E-state index in [2.05, 4.69) is 10.4 Å². The van der Waals surface area contributed by atoms with Crippen LogP contribution in [0.15, 0.2) is 77.4 Å². The number of furan rings is 1. The monoisotopic (exact) mass is 455 g/mol. The SMILES string of the molecule is O=C(Nc1ccc(-c2nc(-c3ccccc3)n(CC(=O)N3CCCCC3)n2)cc1)c1ccco1. The molecule has 4 aromatic rings. The highest BCUT2D eigenvalue weighted by molar-refractivity contribution is 6.02. The van der Waals surface area contributed by atoms with Gasteiger partial charge in [0.25, 0.3) is 5.91 Å². The minimum absolute atomic E-state index is 0.0596. The zero-order chi connectivity index (χ0) is 23.3. The molecule has 2 amide bonds. The molecular weight excluding hydrogens is 430 g/mol. The number of anilines is 1. The smallest absolute Gasteiger partial charge is 0.291 e. The van der Waals surface area contributed by atoms with Crippen LogP contribution in [0.2, 0.25) is 0 Å². The van der Waals surface area contributed by atoms with Gasteiger partial charge in [-0.2, -0.15) is 0 Å². The Morgan fingerprint density at radius 3 is 2.35 bits per heavy atom. The highest BCUT2D eigenvalue weighted by Crippen LogP contribution is 2.24. The van der Waals surface area contributed by atoms with Crippen LogP contribution in [0.3, 0.4) is 0 Å². The van der Waals surface area contributed by atoms with Crippen molar-refractivity contribution in [2.45, 2.75) is 25.8 Å². The maximum absolute atomic E-state index is 12.9. The summed E-state index contributed by atoms with van der Waals surface area (Å²) >= 11 is 0. The van der Waals surface area contributed by atoms with Gasteiger partial charge >= 0.3 is 0 Å². The zero-order valence-corrected chi connectivity index (χ0v) is 18.7. The lowest BCUT2D eigenvalue weighted by Gasteiger charge is -2.26. The first-order chi connectivity index (χ1) is 16.7. The van der Waals surface area contributed by atoms with Gasteiger partial charge in [-0.1, -0.05) is 30.3 Å². The number of piperidine rings is 1. The number of benzene rings is 2. The fourth-order valence-electron chi connectivity index (χ4n) is 4.05. The summed E-state index contributed by atoms with van der Waals surface area (Å²) in [6.45, 7) is 1.74. The molecule has 0 aliphatic carbocycles. The standard InChI is InChI=1S/C26H25N5O3/c32-23(30-15-5-2-6-16-30)18-31-25(20-8-3-1-4-9-20)28-24(29-31)19-11-13-21(14-12-19)27-26(33)22-10-7-17-34-22/h1,3-4,7-14,17H,2,5-6,15-16,18H2,(H,27,33). The normalized spacial score (nSPS) is 13.6. The summed E-state index contributed by atoms with van der Waals surface area (Å²) in [5.74, 6) is 1.16. The summed E-state index contributed by atoms with van der Waals surface area (Å²) in [5.41, 5.74) is 2.32. The van der Waals surface area contributed by atoms with Crippen molar-refractivity contribution in [2.24, 2.45) is 0 Å². The van der Waals surface area contributed by atoms with Gasteiger partial charge in [-0.3, -0.25) is 9.59 Å². The summed E-state index contributed by atoms with van der Waals surface area (Å²) in [7, 11) is 0. The maximum Gasteiger partial charge on any atom is 0.291 e. The lowest BCUT2D eigenvalue weighted by Crippen LogP contribution is -2.38. The molecule has 5 rings (SSSR count). The molecule has 3 heterocycles. The van der Waals surface area contributed by atoms with Crippen molar-refractivity contribution >= 4 is 17.5 Å². The third-order valence-corrected chi connectivity index (χ3v) is 5.84. The van der Waals surface area contributed by atoms with Crippen LogP contribution in [0.4, 0.5) is 5.69 Å². The third kappa shape index (κ3) is 4.76. The average molecular weight is 456 g/mol. The van der Waals surface area contributed by atoms with E-state index < -0.39 is 0 Å². The predicted octanol–water partition coefficient (Wildman–Crippen LogP) is 4.47. The first-order valence-corrected chi connectivity index (χ1v) is 11.4. The molecule has 1 saturated heterocycles. The molecule has 8 nitrogen and oxygen atoms in total. The maximum atomic E-state index is 12.9. The first kappa shape index (κ1) is 21.6. The average Bonchev–Trinajstić information content (AvgIpc) is 3.56. The lowest BCUT2D eigenvalue weighted by molar-refractivity contribution is -0.132. The number of nitrogens with zero attached hydrogens (tertiary/aromatic N) is 4. The van der Waals surface area contributed by atoms with Gasteiger partial charge in [-0.25, -0.2) is 9.67 Å². The van der Waals surface area contributed by atoms with Crippen LogP contribution in [0, 0.1) is 0 Å². The van der Waals surface area contributed by atoms with Gasteiger partial charge in [0.05, 0.1) is 6.26 Å². The van der Waals surface area contributed by atoms with Crippen LogP contribution in [-0.4, -0.2) is 44.6 Å². The second-order valence-corrected chi connectivity index (χ2v) is 8.23. The van der Waals surface area contributed by atoms with E-state index >= 15 is 0 Å². The Morgan fingerprint density at radius 1 is 0.882 bits per heavy atom. The summed E-state index contributed by atoms with van der Waals surface area (Å²) in [6, 6.07) is 20.3. The molecule has 1 fully saturated rings. The molecule has 0 bridgehead atoms. The van der Waals surface area contributed by atoms with Crippen molar-refractivity contribution in [3.63, 3.8) is 0 Å². The van der Waals surface area contributed by atoms with Gasteiger partial charge in [0.1, 0.15) is 6.54 Å². The molecule has 0 atom stereocenters. The minimum atomic E-state index is -0.317. The summed E-state index contributed by atoms with van der Waals surface area (Å²) < 4.78 is 6.82. The Hall–Kier alpha value is -4.20. The van der Waals surface area contributed by atoms with Crippen LogP contribution in [-0.2, 0) is 11.3 Å². The molecule has 1 N–H and O–H groups in total. The molecule has 1 aliphatic rings. The van der Waals surface area contributed by atoms with Crippen molar-refractivity contribution in [3.05, 3.63) is 78.8 Å². The Balaban J connectivity index is 1.39. The molecule has 1 aliphatic heterocycles. The number of carbonyl (C=O) groups excluding carboxylic acids is 2. The van der Waals surface area contributed by atoms with Crippen LogP contribution < -0.4 is 5.32 Å². The fraction of sp³-hybridized carbons (Fsp3) is 0.231. The number of nitrogens with one attached hydrogen (secondary N) is 1. The number of rotatable bonds is 6. The topological polar surface area (TPSA) is 93.3 Å². The number of hydrogen-bond donors (Lipinski definition) is 1. The van der Waals surface area contributed by atoms with Crippen LogP contribution in [0.5, 0.6) is 0 Å². The van der Waals surface area contributed by atoms with Crippen molar-refractivity contribution in [1.82, 2.24) is 19.7 Å². The van der Waals surface area contributed by atoms with E-state index in [0.717, 1.165) is 37.1 Å². The number of likely N-dealkylation sites (tertiary alicyclic amines) is 1. The molecule has 0 radical (unpaired) electrons. The summed E-state index contributed by atoms with van der Waals surface area (Å²) in [4.78, 5) is 31.8. The van der Waals surface area contributed by atoms with Crippen molar-refractivity contribution in [3.8, 4) is 22.8 Å². The largest absolute Gasteiger partial charge is 0.459 e. The van der Waals surface area contributed by atoms with Crippen molar-refractivity contribution in [1.29, 1.82) is 0 Å². The Kier molecular flexibility index (Phi) is 6.20. The molecule has 2 aromatic carbocycles. The van der Waals surface area contributed by atoms with Crippen molar-refractivity contribution in [2.75, 3.05) is 18.4 Å². The van der Waals surface area contributed by atoms with Crippen LogP contribution >= 0.6 is 0 Å². The van der Waals surface area contributed by atoms with Gasteiger partial charge in [-0.15, -0.1) is 5.10 Å². The minimum Gasteiger partial charge on any atom is -0.459 e. The molecule has 0 spiro atoms. The van der Waals surface area contributed by atoms with Gasteiger partial charge < -0.3 is 14.6 Å². The van der Waals surface area contributed by atoms with E-state index in [1.165, 1.54) is 12.7 Å². The van der Waals surface area contributed by atoms with E-state index in [1.54, 1.807) is 28.9 Å². The van der Waals surface area contributed by atoms with Gasteiger partial charge in [0.2, 0.25) is 5.91 Å². The number of aromatic nitrogens is 3. The van der Waals surface area contributed by atoms with Gasteiger partial charge in [0.15, 0.2) is 17.4 Å². The van der Waals surface area contributed by atoms with E-state index in [9.17, 15) is 9.59 Å². The fourth-order valence-corrected chi connectivity index (χ4v) is 4.05. The lowest BCUT2D eigenvalue weighted by atomic mass is 10.1. The first-order valence-electron chi connectivity index (χ1n) is 11.4. The number of carbonyl (C=O) groups is 2. The molecule has 0 saturated carbocycles. The van der Waals surface area contributed by atoms with Gasteiger partial charge in [0, 0.05) is 29.9 Å². The predicted molar refractivity (Wildman–Crippen MR) is 128 cm³/mol. The highest BCUT2D eigenvalue weighted by Gasteiger charge is 2.21. The molecule has 172 valence electrons. The van der Waals surface area contributed by atoms with E-state index in [-0.39, 0.29) is 24.1 Å². The molecule has 2 aromatic heterocycles. The Morgan fingerprint density at radius 2 is 1.65 bits per heavy atom. The molecule has 8 heteroatoms. The van der Waals surface area contributed by atoms with Gasteiger partial charge in [-0.05, 0) is 55.7 Å². The quantitative estimate of drug-likeness (QED) is 0.463. The highest BCUT2D eigenvalue weighted by atomic mass is 16.3. The molecule has 34 heavy (non-hydrogen) atoms. The van der Waals surface area contributed by atoms with E-state index in [1.807, 2.05) is 47.4 Å². The van der Waals surface area contributed by atoms with Crippen LogP contribution in [0.25, 0.3) is 22.8 Å². The van der Waals surface area contributed by atoms with Crippen LogP contribution in [0.1, 0.15) is 29.8 Å². The second kappa shape index (κ2) is 9.74. The summed E-state index contributed by atoms with van der Waals surface area (Å²) in [6.07, 6.45) is 4.72. The molecular formula is C26H25N5O3. The van der Waals surface area contributed by atoms with E-state index in [0.29, 0.717) is 17.3 Å². The zero-order valence-electron chi connectivity index (χ0n) is 18.7. The molecule has 0 unspecified atom stereocenters. The Bertz CT molecular complexity index is 1260. The third-order valence-electron chi connectivity index (χ3n) is 5.84. The second-order valence-electron chi connectivity index (χ2n) is 8.23. The Labute approximate surface area is 197 Å².